The van der Waals surface area contributed by atoms with Crippen molar-refractivity contribution in [1.82, 2.24) is 10.2 Å². The minimum absolute atomic E-state index is 0.0619. The molecule has 7 aliphatic rings. The van der Waals surface area contributed by atoms with Gasteiger partial charge in [0.1, 0.15) is 11.7 Å². The lowest BCUT2D eigenvalue weighted by Crippen LogP contribution is -2.81. The van der Waals surface area contributed by atoms with Crippen molar-refractivity contribution in [2.24, 2.45) is 17.3 Å². The van der Waals surface area contributed by atoms with Crippen molar-refractivity contribution in [3.63, 3.8) is 0 Å². The number of methoxy groups -OCH3 is 1. The minimum Gasteiger partial charge on any atom is -0.504 e. The zero-order chi connectivity index (χ0) is 26.4. The van der Waals surface area contributed by atoms with E-state index < -0.39 is 5.60 Å². The van der Waals surface area contributed by atoms with Crippen LogP contribution in [0.5, 0.6) is 11.5 Å². The first kappa shape index (κ1) is 24.0. The minimum atomic E-state index is -0.499. The normalized spacial score (nSPS) is 37.5. The van der Waals surface area contributed by atoms with Crippen LogP contribution in [0, 0.1) is 17.3 Å². The van der Waals surface area contributed by atoms with Crippen LogP contribution in [0.4, 0.5) is 0 Å². The number of amides is 1. The molecule has 5 fully saturated rings. The Kier molecular flexibility index (Phi) is 5.13. The van der Waals surface area contributed by atoms with E-state index in [4.69, 9.17) is 9.47 Å². The lowest BCUT2D eigenvalue weighted by Gasteiger charge is -2.74. The van der Waals surface area contributed by atoms with Gasteiger partial charge in [-0.2, -0.15) is 0 Å². The number of carbonyl (C=O) groups is 1. The number of phenols is 1. The lowest BCUT2D eigenvalue weighted by molar-refractivity contribution is -0.276. The van der Waals surface area contributed by atoms with E-state index in [0.29, 0.717) is 18.3 Å². The molecule has 6 atom stereocenters. The number of carbonyl (C=O) groups excluding carboxylic acids is 1. The van der Waals surface area contributed by atoms with Gasteiger partial charge in [-0.1, -0.05) is 36.4 Å². The van der Waals surface area contributed by atoms with Crippen LogP contribution in [-0.4, -0.2) is 60.4 Å². The molecular formula is C33H38N2O4. The van der Waals surface area contributed by atoms with Crippen LogP contribution in [-0.2, 0) is 21.4 Å². The molecule has 6 nitrogen and oxygen atoms in total. The molecule has 2 heterocycles. The van der Waals surface area contributed by atoms with E-state index >= 15 is 0 Å². The molecule has 0 unspecified atom stereocenters. The largest absolute Gasteiger partial charge is 0.504 e. The van der Waals surface area contributed by atoms with Crippen LogP contribution in [0.2, 0.25) is 0 Å². The number of nitrogens with zero attached hydrogens (tertiary/aromatic N) is 1. The summed E-state index contributed by atoms with van der Waals surface area (Å²) < 4.78 is 13.4. The molecule has 4 bridgehead atoms. The number of benzene rings is 2. The number of likely N-dealkylation sites (tertiary alicyclic amines) is 1. The smallest absolute Gasteiger partial charge is 0.244 e. The van der Waals surface area contributed by atoms with Crippen LogP contribution in [0.15, 0.2) is 48.5 Å². The highest BCUT2D eigenvalue weighted by molar-refractivity contribution is 5.91. The first-order chi connectivity index (χ1) is 19.0. The average Bonchev–Trinajstić information content (AvgIpc) is 3.70. The van der Waals surface area contributed by atoms with Gasteiger partial charge >= 0.3 is 0 Å². The number of piperidine rings is 1. The van der Waals surface area contributed by atoms with Crippen LogP contribution in [0.25, 0.3) is 6.08 Å². The number of aromatic hydroxyl groups is 1. The van der Waals surface area contributed by atoms with Gasteiger partial charge in [-0.3, -0.25) is 9.69 Å². The molecular weight excluding hydrogens is 488 g/mol. The maximum absolute atomic E-state index is 12.9. The van der Waals surface area contributed by atoms with E-state index in [1.165, 1.54) is 30.5 Å². The van der Waals surface area contributed by atoms with Crippen molar-refractivity contribution in [3.05, 3.63) is 65.2 Å². The van der Waals surface area contributed by atoms with Gasteiger partial charge in [0.25, 0.3) is 0 Å². The van der Waals surface area contributed by atoms with Gasteiger partial charge in [0.15, 0.2) is 11.5 Å². The molecule has 2 aromatic rings. The third-order valence-corrected chi connectivity index (χ3v) is 11.6. The van der Waals surface area contributed by atoms with Crippen molar-refractivity contribution in [2.75, 3.05) is 26.7 Å². The summed E-state index contributed by atoms with van der Waals surface area (Å²) in [5.74, 6) is 1.88. The SMILES string of the molecule is CO[C@]12CC[C@]3(C[C@@H]1CNC(=O)/C=C/c1ccccc1)[C@H]1Cc4ccc(O)c5c4[C@@]3(CCN1CC1CC1)[C@H]2O5. The number of ether oxygens (including phenoxy) is 2. The predicted molar refractivity (Wildman–Crippen MR) is 149 cm³/mol. The standard InChI is InChI=1S/C33H38N2O4/c1-38-33-14-13-31(18-24(33)19-34-27(37)12-9-21-5-3-2-4-6-21)26-17-23-10-11-25(36)29-28(23)32(31,30(33)39-29)15-16-35(26)20-22-7-8-22/h2-6,9-12,22,24,26,30,36H,7-8,13-20H2,1H3,(H,34,37)/b12-9+/t24-,26-,30-,31+,32+,33-/m1/s1. The van der Waals surface area contributed by atoms with E-state index in [-0.39, 0.29) is 34.5 Å². The summed E-state index contributed by atoms with van der Waals surface area (Å²) in [5, 5.41) is 14.2. The Balaban J connectivity index is 1.16. The zero-order valence-corrected chi connectivity index (χ0v) is 22.7. The highest BCUT2D eigenvalue weighted by Crippen LogP contribution is 2.76. The maximum atomic E-state index is 12.9. The van der Waals surface area contributed by atoms with Gasteiger partial charge in [-0.25, -0.2) is 0 Å². The van der Waals surface area contributed by atoms with Gasteiger partial charge < -0.3 is 19.9 Å². The fourth-order valence-corrected chi connectivity index (χ4v) is 9.81. The quantitative estimate of drug-likeness (QED) is 0.522. The molecule has 4 saturated carbocycles. The van der Waals surface area contributed by atoms with E-state index in [0.717, 1.165) is 50.1 Å². The second kappa shape index (κ2) is 8.34. The van der Waals surface area contributed by atoms with E-state index in [1.54, 1.807) is 6.08 Å². The van der Waals surface area contributed by atoms with Crippen molar-refractivity contribution in [3.8, 4) is 11.5 Å². The highest BCUT2D eigenvalue weighted by Gasteiger charge is 2.80. The number of nitrogens with one attached hydrogen (secondary N) is 1. The van der Waals surface area contributed by atoms with Crippen molar-refractivity contribution in [1.29, 1.82) is 0 Å². The molecule has 204 valence electrons. The van der Waals surface area contributed by atoms with E-state index in [1.807, 2.05) is 49.6 Å². The van der Waals surface area contributed by atoms with Crippen LogP contribution >= 0.6 is 0 Å². The van der Waals surface area contributed by atoms with Gasteiger partial charge in [-0.05, 0) is 80.7 Å². The molecule has 6 heteroatoms. The Morgan fingerprint density at radius 2 is 2.03 bits per heavy atom. The summed E-state index contributed by atoms with van der Waals surface area (Å²) in [6, 6.07) is 14.4. The molecule has 39 heavy (non-hydrogen) atoms. The van der Waals surface area contributed by atoms with Gasteiger partial charge in [0.2, 0.25) is 5.91 Å². The Labute approximate surface area is 230 Å². The summed E-state index contributed by atoms with van der Waals surface area (Å²) in [7, 11) is 1.83. The predicted octanol–water partition coefficient (Wildman–Crippen LogP) is 4.45. The van der Waals surface area contributed by atoms with Crippen LogP contribution in [0.1, 0.15) is 55.2 Å². The van der Waals surface area contributed by atoms with Gasteiger partial charge in [0, 0.05) is 54.6 Å². The maximum Gasteiger partial charge on any atom is 0.244 e. The van der Waals surface area contributed by atoms with Crippen molar-refractivity contribution < 1.29 is 19.4 Å². The molecule has 0 aromatic heterocycles. The topological polar surface area (TPSA) is 71.0 Å². The molecule has 1 amide bonds. The number of hydrogen-bond acceptors (Lipinski definition) is 5. The first-order valence-electron chi connectivity index (χ1n) is 14.8. The Hall–Kier alpha value is -2.83. The van der Waals surface area contributed by atoms with Gasteiger partial charge in [0.05, 0.1) is 0 Å². The molecule has 2 spiro atoms. The van der Waals surface area contributed by atoms with E-state index in [9.17, 15) is 9.90 Å². The van der Waals surface area contributed by atoms with Gasteiger partial charge in [-0.15, -0.1) is 0 Å². The molecule has 2 aromatic carbocycles. The van der Waals surface area contributed by atoms with E-state index in [2.05, 4.69) is 16.3 Å². The summed E-state index contributed by atoms with van der Waals surface area (Å²) in [6.07, 6.45) is 11.2. The lowest BCUT2D eigenvalue weighted by atomic mass is 9.35. The number of fused-ring (bicyclic) bond motifs is 2. The Bertz CT molecular complexity index is 1350. The fourth-order valence-electron chi connectivity index (χ4n) is 9.81. The molecule has 5 aliphatic carbocycles. The third kappa shape index (κ3) is 3.13. The summed E-state index contributed by atoms with van der Waals surface area (Å²) in [4.78, 5) is 15.7. The number of rotatable bonds is 7. The summed E-state index contributed by atoms with van der Waals surface area (Å²) >= 11 is 0. The number of phenolic OH excluding ortho intramolecular Hbond substituents is 1. The Morgan fingerprint density at radius 1 is 1.18 bits per heavy atom. The first-order valence-corrected chi connectivity index (χ1v) is 14.8. The molecule has 2 N–H and O–H groups in total. The Morgan fingerprint density at radius 3 is 2.82 bits per heavy atom. The molecule has 9 rings (SSSR count). The summed E-state index contributed by atoms with van der Waals surface area (Å²) in [6.45, 7) is 2.85. The number of hydrogen-bond donors (Lipinski definition) is 2. The molecule has 1 saturated heterocycles. The fraction of sp³-hybridized carbons (Fsp3) is 0.545. The van der Waals surface area contributed by atoms with Crippen molar-refractivity contribution >= 4 is 12.0 Å². The second-order valence-corrected chi connectivity index (χ2v) is 13.0. The third-order valence-electron chi connectivity index (χ3n) is 11.6. The molecule has 2 aliphatic heterocycles. The summed E-state index contributed by atoms with van der Waals surface area (Å²) in [5.41, 5.74) is 3.08. The molecule has 0 radical (unpaired) electrons. The van der Waals surface area contributed by atoms with Crippen molar-refractivity contribution in [2.45, 2.75) is 68.1 Å². The zero-order valence-electron chi connectivity index (χ0n) is 22.7. The van der Waals surface area contributed by atoms with Crippen LogP contribution < -0.4 is 10.1 Å². The monoisotopic (exact) mass is 526 g/mol. The average molecular weight is 527 g/mol. The van der Waals surface area contributed by atoms with Crippen LogP contribution in [0.3, 0.4) is 0 Å². The highest BCUT2D eigenvalue weighted by atomic mass is 16.6. The second-order valence-electron chi connectivity index (χ2n) is 13.0.